The zero-order chi connectivity index (χ0) is 21.5. The van der Waals surface area contributed by atoms with E-state index in [4.69, 9.17) is 0 Å². The summed E-state index contributed by atoms with van der Waals surface area (Å²) in [7, 11) is 0. The van der Waals surface area contributed by atoms with Crippen LogP contribution in [-0.2, 0) is 9.59 Å². The van der Waals surface area contributed by atoms with Gasteiger partial charge in [0.15, 0.2) is 0 Å². The molecule has 0 aromatic heterocycles. The first-order chi connectivity index (χ1) is 14.4. The zero-order valence-corrected chi connectivity index (χ0v) is 17.2. The van der Waals surface area contributed by atoms with Crippen molar-refractivity contribution in [3.8, 4) is 0 Å². The normalized spacial score (nSPS) is 14.8. The molecule has 1 saturated heterocycles. The molecule has 0 spiro atoms. The van der Waals surface area contributed by atoms with Crippen LogP contribution in [0.1, 0.15) is 21.5 Å². The van der Waals surface area contributed by atoms with Gasteiger partial charge < -0.3 is 10.6 Å². The molecule has 8 heteroatoms. The van der Waals surface area contributed by atoms with Gasteiger partial charge in [0.1, 0.15) is 0 Å². The lowest BCUT2D eigenvalue weighted by Gasteiger charge is -2.13. The Labute approximate surface area is 178 Å². The van der Waals surface area contributed by atoms with E-state index in [0.717, 1.165) is 27.8 Å². The van der Waals surface area contributed by atoms with E-state index in [9.17, 15) is 19.2 Å². The summed E-state index contributed by atoms with van der Waals surface area (Å²) in [4.78, 5) is 50.0. The molecular formula is C22H21N3O4S. The van der Waals surface area contributed by atoms with E-state index in [1.54, 1.807) is 18.2 Å². The quantitative estimate of drug-likeness (QED) is 0.668. The summed E-state index contributed by atoms with van der Waals surface area (Å²) in [6.07, 6.45) is 1.67. The fourth-order valence-corrected chi connectivity index (χ4v) is 3.60. The maximum atomic E-state index is 12.4. The van der Waals surface area contributed by atoms with E-state index in [1.165, 1.54) is 0 Å². The Kier molecular flexibility index (Phi) is 7.03. The van der Waals surface area contributed by atoms with Crippen LogP contribution in [0.25, 0.3) is 6.08 Å². The lowest BCUT2D eigenvalue weighted by Crippen LogP contribution is -2.41. The first-order valence-electron chi connectivity index (χ1n) is 9.36. The molecule has 3 rings (SSSR count). The Hall–Kier alpha value is -3.39. The lowest BCUT2D eigenvalue weighted by molar-refractivity contribution is -0.124. The third kappa shape index (κ3) is 5.57. The second-order valence-electron chi connectivity index (χ2n) is 6.64. The van der Waals surface area contributed by atoms with Crippen LogP contribution in [-0.4, -0.2) is 47.5 Å². The molecule has 1 aliphatic rings. The van der Waals surface area contributed by atoms with Gasteiger partial charge in [-0.05, 0) is 42.5 Å². The van der Waals surface area contributed by atoms with Crippen molar-refractivity contribution >= 4 is 40.8 Å². The van der Waals surface area contributed by atoms with Crippen LogP contribution in [0.3, 0.4) is 0 Å². The number of hydrogen-bond acceptors (Lipinski definition) is 5. The van der Waals surface area contributed by atoms with Crippen LogP contribution < -0.4 is 10.6 Å². The van der Waals surface area contributed by atoms with Crippen LogP contribution in [0.15, 0.2) is 59.5 Å². The van der Waals surface area contributed by atoms with Crippen LogP contribution in [0.4, 0.5) is 4.79 Å². The van der Waals surface area contributed by atoms with Crippen molar-refractivity contribution in [3.63, 3.8) is 0 Å². The lowest BCUT2D eigenvalue weighted by atomic mass is 10.1. The fourth-order valence-electron chi connectivity index (χ4n) is 2.73. The molecule has 7 nitrogen and oxygen atoms in total. The summed E-state index contributed by atoms with van der Waals surface area (Å²) in [6, 6.07) is 16.3. The monoisotopic (exact) mass is 423 g/mol. The second kappa shape index (κ2) is 9.89. The third-order valence-electron chi connectivity index (χ3n) is 4.35. The fraction of sp³-hybridized carbons (Fsp3) is 0.182. The van der Waals surface area contributed by atoms with Gasteiger partial charge in [-0.15, -0.1) is 0 Å². The minimum Gasteiger partial charge on any atom is -0.353 e. The molecular weight excluding hydrogens is 402 g/mol. The Morgan fingerprint density at radius 2 is 1.70 bits per heavy atom. The highest BCUT2D eigenvalue weighted by Gasteiger charge is 2.34. The summed E-state index contributed by atoms with van der Waals surface area (Å²) in [5, 5.41) is 4.77. The predicted molar refractivity (Wildman–Crippen MR) is 116 cm³/mol. The second-order valence-corrected chi connectivity index (χ2v) is 7.64. The summed E-state index contributed by atoms with van der Waals surface area (Å²) in [6.45, 7) is 1.90. The van der Waals surface area contributed by atoms with Crippen LogP contribution in [0.2, 0.25) is 0 Å². The van der Waals surface area contributed by atoms with E-state index in [1.807, 2.05) is 49.4 Å². The number of carbonyl (C=O) groups is 4. The van der Waals surface area contributed by atoms with Gasteiger partial charge in [0.25, 0.3) is 17.1 Å². The smallest absolute Gasteiger partial charge is 0.293 e. The van der Waals surface area contributed by atoms with Crippen molar-refractivity contribution in [3.05, 3.63) is 76.2 Å². The van der Waals surface area contributed by atoms with Gasteiger partial charge in [-0.1, -0.05) is 48.0 Å². The highest BCUT2D eigenvalue weighted by atomic mass is 32.2. The molecule has 0 atom stereocenters. The SMILES string of the molecule is Cc1ccc(C(=O)NCC(=O)NCCN2C(=O)SC(=Cc3ccccc3)C2=O)cc1. The molecule has 30 heavy (non-hydrogen) atoms. The maximum Gasteiger partial charge on any atom is 0.293 e. The Morgan fingerprint density at radius 1 is 1.00 bits per heavy atom. The molecule has 1 heterocycles. The molecule has 1 fully saturated rings. The van der Waals surface area contributed by atoms with E-state index < -0.39 is 5.91 Å². The third-order valence-corrected chi connectivity index (χ3v) is 5.26. The van der Waals surface area contributed by atoms with Crippen molar-refractivity contribution < 1.29 is 19.2 Å². The Bertz CT molecular complexity index is 987. The molecule has 0 bridgehead atoms. The molecule has 2 aromatic carbocycles. The summed E-state index contributed by atoms with van der Waals surface area (Å²) in [5.41, 5.74) is 2.34. The number of nitrogens with one attached hydrogen (secondary N) is 2. The number of carbonyl (C=O) groups excluding carboxylic acids is 4. The maximum absolute atomic E-state index is 12.4. The number of rotatable bonds is 7. The van der Waals surface area contributed by atoms with Gasteiger partial charge in [-0.2, -0.15) is 0 Å². The predicted octanol–water partition coefficient (Wildman–Crippen LogP) is 2.58. The van der Waals surface area contributed by atoms with Crippen LogP contribution in [0.5, 0.6) is 0 Å². The number of hydrogen-bond donors (Lipinski definition) is 2. The number of nitrogens with zero attached hydrogens (tertiary/aromatic N) is 1. The molecule has 0 aliphatic carbocycles. The molecule has 0 radical (unpaired) electrons. The first-order valence-corrected chi connectivity index (χ1v) is 10.2. The molecule has 0 saturated carbocycles. The minimum absolute atomic E-state index is 0.0639. The van der Waals surface area contributed by atoms with Crippen LogP contribution in [0, 0.1) is 6.92 Å². The van der Waals surface area contributed by atoms with Gasteiger partial charge in [0, 0.05) is 18.7 Å². The molecule has 154 valence electrons. The molecule has 2 N–H and O–H groups in total. The van der Waals surface area contributed by atoms with E-state index >= 15 is 0 Å². The van der Waals surface area contributed by atoms with Crippen molar-refractivity contribution in [2.24, 2.45) is 0 Å². The Balaban J connectivity index is 1.44. The number of aryl methyl sites for hydroxylation is 1. The Morgan fingerprint density at radius 3 is 2.40 bits per heavy atom. The van der Waals surface area contributed by atoms with E-state index in [-0.39, 0.29) is 36.7 Å². The summed E-state index contributed by atoms with van der Waals surface area (Å²) in [5.74, 6) is -1.12. The van der Waals surface area contributed by atoms with Gasteiger partial charge in [-0.25, -0.2) is 0 Å². The number of amides is 4. The number of thioether (sulfide) groups is 1. The molecule has 4 amide bonds. The number of benzene rings is 2. The van der Waals surface area contributed by atoms with Crippen molar-refractivity contribution in [2.75, 3.05) is 19.6 Å². The van der Waals surface area contributed by atoms with Crippen molar-refractivity contribution in [1.82, 2.24) is 15.5 Å². The molecule has 2 aromatic rings. The van der Waals surface area contributed by atoms with Crippen molar-refractivity contribution in [1.29, 1.82) is 0 Å². The zero-order valence-electron chi connectivity index (χ0n) is 16.4. The summed E-state index contributed by atoms with van der Waals surface area (Å²) < 4.78 is 0. The standard InChI is InChI=1S/C22H21N3O4S/c1-15-7-9-17(10-8-15)20(27)24-14-19(26)23-11-12-25-21(28)18(30-22(25)29)13-16-5-3-2-4-6-16/h2-10,13H,11-12,14H2,1H3,(H,23,26)(H,24,27). The average molecular weight is 423 g/mol. The summed E-state index contributed by atoms with van der Waals surface area (Å²) >= 11 is 0.877. The topological polar surface area (TPSA) is 95.6 Å². The molecule has 0 unspecified atom stereocenters. The van der Waals surface area contributed by atoms with E-state index in [0.29, 0.717) is 10.5 Å². The number of imide groups is 1. The van der Waals surface area contributed by atoms with Gasteiger partial charge in [0.2, 0.25) is 5.91 Å². The highest BCUT2D eigenvalue weighted by molar-refractivity contribution is 8.18. The average Bonchev–Trinajstić information content (AvgIpc) is 3.00. The highest BCUT2D eigenvalue weighted by Crippen LogP contribution is 2.31. The van der Waals surface area contributed by atoms with E-state index in [2.05, 4.69) is 10.6 Å². The largest absolute Gasteiger partial charge is 0.353 e. The van der Waals surface area contributed by atoms with Gasteiger partial charge >= 0.3 is 0 Å². The van der Waals surface area contributed by atoms with Gasteiger partial charge in [-0.3, -0.25) is 24.1 Å². The molecule has 1 aliphatic heterocycles. The first kappa shape index (κ1) is 21.3. The minimum atomic E-state index is -0.401. The van der Waals surface area contributed by atoms with Crippen LogP contribution >= 0.6 is 11.8 Å². The van der Waals surface area contributed by atoms with Crippen molar-refractivity contribution in [2.45, 2.75) is 6.92 Å². The van der Waals surface area contributed by atoms with Gasteiger partial charge in [0.05, 0.1) is 11.4 Å².